The van der Waals surface area contributed by atoms with Crippen LogP contribution in [0.1, 0.15) is 12.5 Å². The van der Waals surface area contributed by atoms with Gasteiger partial charge in [0.25, 0.3) is 11.8 Å². The Labute approximate surface area is 218 Å². The smallest absolute Gasteiger partial charge is 0.377 e. The highest BCUT2D eigenvalue weighted by Gasteiger charge is 2.40. The van der Waals surface area contributed by atoms with Crippen LogP contribution < -0.4 is 15.1 Å². The molecule has 1 saturated heterocycles. The average Bonchev–Trinajstić information content (AvgIpc) is 2.89. The van der Waals surface area contributed by atoms with Gasteiger partial charge >= 0.3 is 6.18 Å². The highest BCUT2D eigenvalue weighted by atomic mass is 19.4. The molecule has 4 rings (SSSR count). The number of aromatic nitrogens is 1. The van der Waals surface area contributed by atoms with Crippen molar-refractivity contribution < 1.29 is 27.5 Å². The first-order valence-electron chi connectivity index (χ1n) is 12.1. The number of fused-ring (bicyclic) bond motifs is 3. The zero-order valence-electron chi connectivity index (χ0n) is 21.1. The van der Waals surface area contributed by atoms with E-state index in [0.29, 0.717) is 37.8 Å². The number of hydrogen-bond donors (Lipinski definition) is 1. The van der Waals surface area contributed by atoms with Crippen molar-refractivity contribution in [2.24, 2.45) is 4.99 Å². The van der Waals surface area contributed by atoms with Crippen molar-refractivity contribution >= 4 is 35.2 Å². The van der Waals surface area contributed by atoms with E-state index < -0.39 is 24.7 Å². The molecule has 2 aliphatic rings. The van der Waals surface area contributed by atoms with Gasteiger partial charge in [-0.25, -0.2) is 4.98 Å². The van der Waals surface area contributed by atoms with E-state index in [4.69, 9.17) is 4.74 Å². The van der Waals surface area contributed by atoms with Crippen LogP contribution in [0, 0.1) is 6.92 Å². The maximum Gasteiger partial charge on any atom is 0.407 e. The van der Waals surface area contributed by atoms with Gasteiger partial charge < -0.3 is 15.0 Å². The van der Waals surface area contributed by atoms with Crippen molar-refractivity contribution in [1.29, 1.82) is 0 Å². The van der Waals surface area contributed by atoms with Crippen LogP contribution in [0.15, 0.2) is 59.8 Å². The van der Waals surface area contributed by atoms with E-state index in [-0.39, 0.29) is 11.5 Å². The van der Waals surface area contributed by atoms with Gasteiger partial charge in [0.05, 0.1) is 18.9 Å². The quantitative estimate of drug-likeness (QED) is 0.330. The summed E-state index contributed by atoms with van der Waals surface area (Å²) >= 11 is 0. The van der Waals surface area contributed by atoms with Crippen molar-refractivity contribution in [3.8, 4) is 11.1 Å². The number of amides is 2. The first-order valence-corrected chi connectivity index (χ1v) is 12.1. The van der Waals surface area contributed by atoms with Crippen LogP contribution in [0.2, 0.25) is 0 Å². The molecule has 0 bridgehead atoms. The number of nitrogens with zero attached hydrogens (tertiary/aromatic N) is 4. The molecule has 1 fully saturated rings. The van der Waals surface area contributed by atoms with Gasteiger partial charge in [0, 0.05) is 42.3 Å². The number of aliphatic imine (C=N–C) groups is 1. The van der Waals surface area contributed by atoms with Crippen LogP contribution in [-0.4, -0.2) is 68.1 Å². The van der Waals surface area contributed by atoms with E-state index in [1.165, 1.54) is 12.2 Å². The lowest BCUT2D eigenvalue weighted by molar-refractivity contribution is -0.122. The number of morpholine rings is 1. The lowest BCUT2D eigenvalue weighted by Crippen LogP contribution is -2.59. The van der Waals surface area contributed by atoms with E-state index in [2.05, 4.69) is 21.9 Å². The zero-order valence-corrected chi connectivity index (χ0v) is 21.1. The Balaban J connectivity index is 1.61. The fourth-order valence-corrected chi connectivity index (χ4v) is 4.44. The van der Waals surface area contributed by atoms with Gasteiger partial charge in [0.2, 0.25) is 0 Å². The van der Waals surface area contributed by atoms with Crippen LogP contribution >= 0.6 is 0 Å². The minimum absolute atomic E-state index is 0.0321. The molecule has 8 nitrogen and oxygen atoms in total. The summed E-state index contributed by atoms with van der Waals surface area (Å²) in [6, 6.07) is 6.99. The third kappa shape index (κ3) is 5.77. The molecule has 1 unspecified atom stereocenters. The Morgan fingerprint density at radius 1 is 1.34 bits per heavy atom. The summed E-state index contributed by atoms with van der Waals surface area (Å²) in [5, 5.41) is 2.75. The number of hydrogen-bond acceptors (Lipinski definition) is 6. The standard InChI is InChI=1S/C27H28F3N5O3/c1-4-18(8-9-31-16-27(28,29)30)25(36)33-20-7-6-17(3)21(13-20)19-12-22-24(32-14-19)34(5-2)26(37)23-15-38-11-10-35(22)23/h4,6-9,12-14,23H,1,5,10-11,15-16H2,2-3H3,(H,33,36)/b18-8+,31-9?. The van der Waals surface area contributed by atoms with Crippen molar-refractivity contribution in [3.05, 3.63) is 60.3 Å². The molecule has 1 aromatic carbocycles. The number of rotatable bonds is 7. The lowest BCUT2D eigenvalue weighted by atomic mass is 9.99. The van der Waals surface area contributed by atoms with Crippen molar-refractivity contribution in [3.63, 3.8) is 0 Å². The molecule has 2 aromatic rings. The van der Waals surface area contributed by atoms with Gasteiger partial charge in [0.1, 0.15) is 12.6 Å². The van der Waals surface area contributed by atoms with Gasteiger partial charge in [-0.05, 0) is 49.2 Å². The number of alkyl halides is 3. The summed E-state index contributed by atoms with van der Waals surface area (Å²) in [4.78, 5) is 37.3. The first-order chi connectivity index (χ1) is 18.1. The second-order valence-corrected chi connectivity index (χ2v) is 8.85. The number of halogens is 3. The number of carbonyl (C=O) groups excluding carboxylic acids is 2. The van der Waals surface area contributed by atoms with Gasteiger partial charge in [-0.1, -0.05) is 18.7 Å². The Kier molecular flexibility index (Phi) is 7.96. The molecule has 11 heteroatoms. The fraction of sp³-hybridized carbons (Fsp3) is 0.333. The SMILES string of the molecule is C=C/C(=C\C=NCC(F)(F)F)C(=O)Nc1ccc(C)c(-c2cnc3c(c2)N2CCOCC2C(=O)N3CC)c1. The van der Waals surface area contributed by atoms with Crippen LogP contribution in [0.5, 0.6) is 0 Å². The number of likely N-dealkylation sites (N-methyl/N-ethyl adjacent to an activating group) is 1. The predicted octanol–water partition coefficient (Wildman–Crippen LogP) is 4.31. The van der Waals surface area contributed by atoms with Crippen LogP contribution in [0.3, 0.4) is 0 Å². The van der Waals surface area contributed by atoms with Crippen molar-refractivity contribution in [2.75, 3.05) is 48.0 Å². The molecule has 2 amide bonds. The molecule has 0 aliphatic carbocycles. The fourth-order valence-electron chi connectivity index (χ4n) is 4.44. The summed E-state index contributed by atoms with van der Waals surface area (Å²) in [5.41, 5.74) is 3.99. The Morgan fingerprint density at radius 3 is 2.84 bits per heavy atom. The summed E-state index contributed by atoms with van der Waals surface area (Å²) in [6.45, 7) is 7.96. The second kappa shape index (κ2) is 11.2. The van der Waals surface area contributed by atoms with E-state index in [9.17, 15) is 22.8 Å². The number of carbonyl (C=O) groups is 2. The Hall–Kier alpha value is -3.99. The van der Waals surface area contributed by atoms with E-state index in [1.807, 2.05) is 30.9 Å². The molecule has 0 saturated carbocycles. The molecule has 0 radical (unpaired) electrons. The van der Waals surface area contributed by atoms with Gasteiger partial charge in [0.15, 0.2) is 5.82 Å². The summed E-state index contributed by atoms with van der Waals surface area (Å²) in [6.07, 6.45) is 0.646. The molecule has 38 heavy (non-hydrogen) atoms. The van der Waals surface area contributed by atoms with E-state index >= 15 is 0 Å². The number of benzene rings is 1. The molecular weight excluding hydrogens is 499 g/mol. The predicted molar refractivity (Wildman–Crippen MR) is 141 cm³/mol. The third-order valence-corrected chi connectivity index (χ3v) is 6.33. The maximum atomic E-state index is 13.0. The van der Waals surface area contributed by atoms with Gasteiger partial charge in [-0.3, -0.25) is 19.5 Å². The number of nitrogens with one attached hydrogen (secondary N) is 1. The molecule has 3 heterocycles. The summed E-state index contributed by atoms with van der Waals surface area (Å²) < 4.78 is 42.4. The minimum Gasteiger partial charge on any atom is -0.377 e. The molecule has 2 aliphatic heterocycles. The molecule has 1 aromatic heterocycles. The van der Waals surface area contributed by atoms with Crippen LogP contribution in [0.25, 0.3) is 11.1 Å². The highest BCUT2D eigenvalue weighted by Crippen LogP contribution is 2.39. The van der Waals surface area contributed by atoms with E-state index in [1.54, 1.807) is 23.2 Å². The number of anilines is 3. The first kappa shape index (κ1) is 27.1. The van der Waals surface area contributed by atoms with Crippen molar-refractivity contribution in [2.45, 2.75) is 26.1 Å². The van der Waals surface area contributed by atoms with E-state index in [0.717, 1.165) is 28.6 Å². The number of ether oxygens (including phenoxy) is 1. The second-order valence-electron chi connectivity index (χ2n) is 8.85. The molecule has 1 atom stereocenters. The monoisotopic (exact) mass is 527 g/mol. The topological polar surface area (TPSA) is 87.1 Å². The minimum atomic E-state index is -4.42. The van der Waals surface area contributed by atoms with Gasteiger partial charge in [-0.15, -0.1) is 0 Å². The van der Waals surface area contributed by atoms with Crippen LogP contribution in [-0.2, 0) is 14.3 Å². The summed E-state index contributed by atoms with van der Waals surface area (Å²) in [7, 11) is 0. The average molecular weight is 528 g/mol. The summed E-state index contributed by atoms with van der Waals surface area (Å²) in [5.74, 6) is 0.0370. The lowest BCUT2D eigenvalue weighted by Gasteiger charge is -2.44. The van der Waals surface area contributed by atoms with Crippen LogP contribution in [0.4, 0.5) is 30.4 Å². The van der Waals surface area contributed by atoms with Crippen molar-refractivity contribution in [1.82, 2.24) is 4.98 Å². The molecule has 0 spiro atoms. The third-order valence-electron chi connectivity index (χ3n) is 6.33. The molecule has 200 valence electrons. The number of pyridine rings is 1. The number of aryl methyl sites for hydroxylation is 1. The number of allylic oxidation sites excluding steroid dienone is 1. The highest BCUT2D eigenvalue weighted by molar-refractivity contribution is 6.08. The largest absolute Gasteiger partial charge is 0.407 e. The maximum absolute atomic E-state index is 13.0. The Bertz CT molecular complexity index is 1310. The zero-order chi connectivity index (χ0) is 27.4. The Morgan fingerprint density at radius 2 is 2.13 bits per heavy atom. The van der Waals surface area contributed by atoms with Gasteiger partial charge in [-0.2, -0.15) is 13.2 Å². The normalized spacial score (nSPS) is 17.9. The molecular formula is C27H28F3N5O3. The molecule has 1 N–H and O–H groups in total.